The minimum Gasteiger partial charge on any atom is -0.271 e. The second-order valence-electron chi connectivity index (χ2n) is 4.99. The summed E-state index contributed by atoms with van der Waals surface area (Å²) in [6.45, 7) is 3.06. The van der Waals surface area contributed by atoms with Crippen LogP contribution in [0.4, 0.5) is 0 Å². The van der Waals surface area contributed by atoms with Crippen LogP contribution in [0.3, 0.4) is 0 Å². The average molecular weight is 237 g/mol. The predicted octanol–water partition coefficient (Wildman–Crippen LogP) is 1.77. The van der Waals surface area contributed by atoms with E-state index in [4.69, 9.17) is 5.84 Å². The van der Waals surface area contributed by atoms with Crippen molar-refractivity contribution in [2.45, 2.75) is 58.0 Å². The van der Waals surface area contributed by atoms with Crippen molar-refractivity contribution in [3.05, 3.63) is 11.9 Å². The number of hydrazine groups is 1. The van der Waals surface area contributed by atoms with E-state index in [2.05, 4.69) is 22.7 Å². The standard InChI is InChI=1S/C12H23N5/c1-2-7-17-12(9-14-16-17)11(15-13)8-10-5-3-4-6-10/h9-11,15H,2-8,13H2,1H3. The predicted molar refractivity (Wildman–Crippen MR) is 67.0 cm³/mol. The summed E-state index contributed by atoms with van der Waals surface area (Å²) in [5.41, 5.74) is 4.06. The van der Waals surface area contributed by atoms with Crippen molar-refractivity contribution in [2.75, 3.05) is 0 Å². The van der Waals surface area contributed by atoms with Crippen molar-refractivity contribution in [1.82, 2.24) is 20.4 Å². The Morgan fingerprint density at radius 1 is 1.53 bits per heavy atom. The lowest BCUT2D eigenvalue weighted by atomic mass is 9.97. The fourth-order valence-corrected chi connectivity index (χ4v) is 2.77. The summed E-state index contributed by atoms with van der Waals surface area (Å²) in [5.74, 6) is 6.49. The van der Waals surface area contributed by atoms with E-state index in [-0.39, 0.29) is 6.04 Å². The molecule has 0 aliphatic heterocycles. The summed E-state index contributed by atoms with van der Waals surface area (Å²) in [6, 6.07) is 0.194. The van der Waals surface area contributed by atoms with Gasteiger partial charge in [-0.05, 0) is 18.8 Å². The summed E-state index contributed by atoms with van der Waals surface area (Å²) in [7, 11) is 0. The van der Waals surface area contributed by atoms with Gasteiger partial charge in [0.05, 0.1) is 17.9 Å². The molecule has 0 amide bonds. The van der Waals surface area contributed by atoms with Gasteiger partial charge in [-0.1, -0.05) is 37.8 Å². The average Bonchev–Trinajstić information content (AvgIpc) is 2.97. The Morgan fingerprint density at radius 2 is 2.29 bits per heavy atom. The van der Waals surface area contributed by atoms with Crippen molar-refractivity contribution >= 4 is 0 Å². The van der Waals surface area contributed by atoms with Crippen LogP contribution in [0.25, 0.3) is 0 Å². The molecule has 2 rings (SSSR count). The Kier molecular flexibility index (Phi) is 4.50. The van der Waals surface area contributed by atoms with Gasteiger partial charge in [-0.2, -0.15) is 0 Å². The molecule has 96 valence electrons. The Hall–Kier alpha value is -0.940. The molecule has 1 aromatic rings. The molecular formula is C12H23N5. The SMILES string of the molecule is CCCn1nncc1C(CC1CCCC1)NN. The fourth-order valence-electron chi connectivity index (χ4n) is 2.77. The Morgan fingerprint density at radius 3 is 2.94 bits per heavy atom. The van der Waals surface area contributed by atoms with Crippen LogP contribution >= 0.6 is 0 Å². The first kappa shape index (κ1) is 12.5. The number of aryl methyl sites for hydroxylation is 1. The lowest BCUT2D eigenvalue weighted by Crippen LogP contribution is -2.31. The molecule has 5 heteroatoms. The molecule has 1 aliphatic rings. The Bertz CT molecular complexity index is 329. The molecule has 5 nitrogen and oxygen atoms in total. The van der Waals surface area contributed by atoms with Gasteiger partial charge in [-0.25, -0.2) is 4.68 Å². The second kappa shape index (κ2) is 6.12. The third-order valence-electron chi connectivity index (χ3n) is 3.69. The first-order valence-electron chi connectivity index (χ1n) is 6.69. The topological polar surface area (TPSA) is 68.8 Å². The lowest BCUT2D eigenvalue weighted by molar-refractivity contribution is 0.377. The number of nitrogens with one attached hydrogen (secondary N) is 1. The zero-order chi connectivity index (χ0) is 12.1. The first-order chi connectivity index (χ1) is 8.35. The molecule has 0 saturated heterocycles. The van der Waals surface area contributed by atoms with Gasteiger partial charge in [0.2, 0.25) is 0 Å². The normalized spacial score (nSPS) is 18.7. The largest absolute Gasteiger partial charge is 0.271 e. The summed E-state index contributed by atoms with van der Waals surface area (Å²) in [6.07, 6.45) is 9.43. The van der Waals surface area contributed by atoms with Gasteiger partial charge in [0.15, 0.2) is 0 Å². The van der Waals surface area contributed by atoms with E-state index in [0.717, 1.165) is 31.0 Å². The van der Waals surface area contributed by atoms with E-state index in [9.17, 15) is 0 Å². The van der Waals surface area contributed by atoms with E-state index in [0.29, 0.717) is 0 Å². The molecule has 1 heterocycles. The van der Waals surface area contributed by atoms with Crippen LogP contribution in [0.1, 0.15) is 57.2 Å². The molecule has 1 unspecified atom stereocenters. The van der Waals surface area contributed by atoms with Crippen LogP contribution in [0, 0.1) is 5.92 Å². The highest BCUT2D eigenvalue weighted by Gasteiger charge is 2.23. The van der Waals surface area contributed by atoms with Crippen LogP contribution in [-0.2, 0) is 6.54 Å². The molecule has 1 saturated carbocycles. The van der Waals surface area contributed by atoms with Crippen LogP contribution in [-0.4, -0.2) is 15.0 Å². The van der Waals surface area contributed by atoms with Crippen LogP contribution < -0.4 is 11.3 Å². The van der Waals surface area contributed by atoms with E-state index in [1.807, 2.05) is 10.9 Å². The van der Waals surface area contributed by atoms with Gasteiger partial charge in [-0.15, -0.1) is 5.10 Å². The summed E-state index contributed by atoms with van der Waals surface area (Å²) >= 11 is 0. The van der Waals surface area contributed by atoms with E-state index in [1.54, 1.807) is 0 Å². The zero-order valence-electron chi connectivity index (χ0n) is 10.6. The maximum Gasteiger partial charge on any atom is 0.0770 e. The third kappa shape index (κ3) is 3.04. The molecule has 17 heavy (non-hydrogen) atoms. The lowest BCUT2D eigenvalue weighted by Gasteiger charge is -2.20. The van der Waals surface area contributed by atoms with Crippen LogP contribution in [0.15, 0.2) is 6.20 Å². The molecule has 1 atom stereocenters. The first-order valence-corrected chi connectivity index (χ1v) is 6.69. The van der Waals surface area contributed by atoms with Gasteiger partial charge in [0, 0.05) is 6.54 Å². The van der Waals surface area contributed by atoms with E-state index in [1.165, 1.54) is 25.7 Å². The highest BCUT2D eigenvalue weighted by Crippen LogP contribution is 2.32. The van der Waals surface area contributed by atoms with Crippen molar-refractivity contribution in [1.29, 1.82) is 0 Å². The van der Waals surface area contributed by atoms with Crippen molar-refractivity contribution in [3.63, 3.8) is 0 Å². The molecule has 0 radical (unpaired) electrons. The van der Waals surface area contributed by atoms with Crippen molar-refractivity contribution < 1.29 is 0 Å². The maximum absolute atomic E-state index is 5.69. The maximum atomic E-state index is 5.69. The van der Waals surface area contributed by atoms with Crippen molar-refractivity contribution in [3.8, 4) is 0 Å². The third-order valence-corrected chi connectivity index (χ3v) is 3.69. The van der Waals surface area contributed by atoms with Crippen LogP contribution in [0.5, 0.6) is 0 Å². The van der Waals surface area contributed by atoms with E-state index >= 15 is 0 Å². The molecule has 0 spiro atoms. The molecule has 0 aromatic carbocycles. The highest BCUT2D eigenvalue weighted by atomic mass is 15.4. The number of rotatable bonds is 6. The summed E-state index contributed by atoms with van der Waals surface area (Å²) in [4.78, 5) is 0. The smallest absolute Gasteiger partial charge is 0.0770 e. The number of aromatic nitrogens is 3. The number of hydrogen-bond acceptors (Lipinski definition) is 4. The Balaban J connectivity index is 2.02. The molecule has 0 bridgehead atoms. The van der Waals surface area contributed by atoms with Gasteiger partial charge >= 0.3 is 0 Å². The second-order valence-corrected chi connectivity index (χ2v) is 4.99. The summed E-state index contributed by atoms with van der Waals surface area (Å²) < 4.78 is 1.97. The molecule has 1 fully saturated rings. The monoisotopic (exact) mass is 237 g/mol. The molecular weight excluding hydrogens is 214 g/mol. The quantitative estimate of drug-likeness (QED) is 0.584. The zero-order valence-corrected chi connectivity index (χ0v) is 10.6. The molecule has 1 aliphatic carbocycles. The molecule has 1 aromatic heterocycles. The fraction of sp³-hybridized carbons (Fsp3) is 0.833. The highest BCUT2D eigenvalue weighted by molar-refractivity contribution is 5.02. The minimum atomic E-state index is 0.194. The van der Waals surface area contributed by atoms with Gasteiger partial charge < -0.3 is 0 Å². The van der Waals surface area contributed by atoms with Crippen LogP contribution in [0.2, 0.25) is 0 Å². The molecule has 3 N–H and O–H groups in total. The van der Waals surface area contributed by atoms with Gasteiger partial charge in [0.25, 0.3) is 0 Å². The van der Waals surface area contributed by atoms with Crippen molar-refractivity contribution in [2.24, 2.45) is 11.8 Å². The number of hydrogen-bond donors (Lipinski definition) is 2. The number of nitrogens with two attached hydrogens (primary N) is 1. The van der Waals surface area contributed by atoms with Gasteiger partial charge in [-0.3, -0.25) is 11.3 Å². The van der Waals surface area contributed by atoms with E-state index < -0.39 is 0 Å². The van der Waals surface area contributed by atoms with Gasteiger partial charge in [0.1, 0.15) is 0 Å². The Labute approximate surface area is 103 Å². The number of nitrogens with zero attached hydrogens (tertiary/aromatic N) is 3. The summed E-state index contributed by atoms with van der Waals surface area (Å²) in [5, 5.41) is 8.12. The minimum absolute atomic E-state index is 0.194.